The van der Waals surface area contributed by atoms with Gasteiger partial charge in [-0.15, -0.1) is 0 Å². The number of aliphatic hydroxyl groups is 1. The zero-order chi connectivity index (χ0) is 11.0. The molecule has 0 aliphatic heterocycles. The molecule has 1 amide bonds. The van der Waals surface area contributed by atoms with E-state index in [1.165, 1.54) is 0 Å². The highest BCUT2D eigenvalue weighted by Gasteiger charge is 2.09. The Morgan fingerprint density at radius 2 is 2.14 bits per heavy atom. The second kappa shape index (κ2) is 7.38. The number of aliphatic hydroxyl groups excluding tert-OH is 1. The van der Waals surface area contributed by atoms with Gasteiger partial charge in [0.25, 0.3) is 0 Å². The van der Waals surface area contributed by atoms with Gasteiger partial charge in [0.05, 0.1) is 6.04 Å². The van der Waals surface area contributed by atoms with Gasteiger partial charge in [-0.05, 0) is 18.8 Å². The quantitative estimate of drug-likeness (QED) is 0.572. The van der Waals surface area contributed by atoms with Crippen molar-refractivity contribution < 1.29 is 15.0 Å². The van der Waals surface area contributed by atoms with Crippen LogP contribution in [0.3, 0.4) is 0 Å². The zero-order valence-corrected chi connectivity index (χ0v) is 8.73. The molecule has 0 bridgehead atoms. The second-order valence-corrected chi connectivity index (χ2v) is 3.63. The monoisotopic (exact) mass is 201 g/mol. The van der Waals surface area contributed by atoms with Crippen molar-refractivity contribution in [3.63, 3.8) is 0 Å². The first kappa shape index (κ1) is 13.0. The molecule has 0 aliphatic rings. The van der Waals surface area contributed by atoms with Gasteiger partial charge < -0.3 is 15.5 Å². The summed E-state index contributed by atoms with van der Waals surface area (Å²) in [6.07, 6.45) is 3.92. The van der Waals surface area contributed by atoms with Gasteiger partial charge in [0.15, 0.2) is 0 Å². The minimum Gasteiger partial charge on any atom is -0.465 e. The van der Waals surface area contributed by atoms with Crippen LogP contribution in [0.4, 0.5) is 4.79 Å². The van der Waals surface area contributed by atoms with Crippen LogP contribution in [0.15, 0.2) is 12.2 Å². The van der Waals surface area contributed by atoms with Crippen LogP contribution in [0.1, 0.15) is 26.7 Å². The Hall–Kier alpha value is -1.03. The zero-order valence-electron chi connectivity index (χ0n) is 8.73. The Morgan fingerprint density at radius 1 is 1.50 bits per heavy atom. The highest BCUT2D eigenvalue weighted by Crippen LogP contribution is 2.06. The van der Waals surface area contributed by atoms with Crippen molar-refractivity contribution in [3.05, 3.63) is 12.2 Å². The van der Waals surface area contributed by atoms with Gasteiger partial charge >= 0.3 is 6.09 Å². The average Bonchev–Trinajstić information content (AvgIpc) is 2.02. The molecule has 14 heavy (non-hydrogen) atoms. The molecule has 0 saturated heterocycles. The molecule has 4 heteroatoms. The molecule has 0 radical (unpaired) electrons. The van der Waals surface area contributed by atoms with Crippen LogP contribution in [0.5, 0.6) is 0 Å². The Labute approximate surface area is 84.6 Å². The summed E-state index contributed by atoms with van der Waals surface area (Å²) in [5.41, 5.74) is 0. The van der Waals surface area contributed by atoms with Gasteiger partial charge in [0.1, 0.15) is 0 Å². The molecule has 0 rings (SSSR count). The normalized spacial score (nSPS) is 13.4. The SMILES string of the molecule is CC(C)CC(C=CCCO)NC(=O)O. The summed E-state index contributed by atoms with van der Waals surface area (Å²) in [6, 6.07) is -0.154. The van der Waals surface area contributed by atoms with E-state index in [0.29, 0.717) is 12.3 Å². The van der Waals surface area contributed by atoms with Crippen molar-refractivity contribution in [2.45, 2.75) is 32.7 Å². The number of hydrogen-bond donors (Lipinski definition) is 3. The predicted molar refractivity (Wildman–Crippen MR) is 55.2 cm³/mol. The molecule has 0 aliphatic carbocycles. The van der Waals surface area contributed by atoms with Crippen molar-refractivity contribution in [1.82, 2.24) is 5.32 Å². The summed E-state index contributed by atoms with van der Waals surface area (Å²) in [6.45, 7) is 4.17. The third kappa shape index (κ3) is 7.61. The maximum Gasteiger partial charge on any atom is 0.405 e. The molecule has 0 saturated carbocycles. The average molecular weight is 201 g/mol. The fourth-order valence-electron chi connectivity index (χ4n) is 1.19. The molecule has 1 atom stereocenters. The van der Waals surface area contributed by atoms with E-state index in [4.69, 9.17) is 10.2 Å². The maximum atomic E-state index is 10.4. The van der Waals surface area contributed by atoms with Crippen LogP contribution in [0, 0.1) is 5.92 Å². The van der Waals surface area contributed by atoms with Crippen LogP contribution in [0.25, 0.3) is 0 Å². The Kier molecular flexibility index (Phi) is 6.84. The van der Waals surface area contributed by atoms with Crippen molar-refractivity contribution in [2.24, 2.45) is 5.92 Å². The van der Waals surface area contributed by atoms with E-state index in [1.807, 2.05) is 13.8 Å². The van der Waals surface area contributed by atoms with Gasteiger partial charge in [-0.2, -0.15) is 0 Å². The van der Waals surface area contributed by atoms with E-state index >= 15 is 0 Å². The number of amides is 1. The lowest BCUT2D eigenvalue weighted by atomic mass is 10.0. The summed E-state index contributed by atoms with van der Waals surface area (Å²) in [7, 11) is 0. The van der Waals surface area contributed by atoms with E-state index in [0.717, 1.165) is 6.42 Å². The molecule has 0 aromatic heterocycles. The molecule has 4 nitrogen and oxygen atoms in total. The first-order valence-corrected chi connectivity index (χ1v) is 4.83. The topological polar surface area (TPSA) is 69.6 Å². The first-order chi connectivity index (χ1) is 6.56. The fourth-order valence-corrected chi connectivity index (χ4v) is 1.19. The molecule has 1 unspecified atom stereocenters. The molecule has 0 spiro atoms. The Balaban J connectivity index is 4.02. The van der Waals surface area contributed by atoms with Crippen LogP contribution >= 0.6 is 0 Å². The lowest BCUT2D eigenvalue weighted by Crippen LogP contribution is -2.33. The van der Waals surface area contributed by atoms with E-state index in [-0.39, 0.29) is 12.6 Å². The van der Waals surface area contributed by atoms with Gasteiger partial charge in [0.2, 0.25) is 0 Å². The summed E-state index contributed by atoms with van der Waals surface area (Å²) in [4.78, 5) is 10.4. The number of carbonyl (C=O) groups is 1. The minimum absolute atomic E-state index is 0.0952. The van der Waals surface area contributed by atoms with Gasteiger partial charge in [-0.1, -0.05) is 26.0 Å². The molecular formula is C10H19NO3. The third-order valence-corrected chi connectivity index (χ3v) is 1.70. The summed E-state index contributed by atoms with van der Waals surface area (Å²) >= 11 is 0. The second-order valence-electron chi connectivity index (χ2n) is 3.63. The number of nitrogens with one attached hydrogen (secondary N) is 1. The number of rotatable bonds is 6. The smallest absolute Gasteiger partial charge is 0.405 e. The van der Waals surface area contributed by atoms with Gasteiger partial charge in [-0.3, -0.25) is 0 Å². The lowest BCUT2D eigenvalue weighted by molar-refractivity contribution is 0.190. The molecule has 0 aromatic rings. The first-order valence-electron chi connectivity index (χ1n) is 4.83. The number of carboxylic acid groups (broad SMARTS) is 1. The Morgan fingerprint density at radius 3 is 2.57 bits per heavy atom. The molecule has 0 heterocycles. The lowest BCUT2D eigenvalue weighted by Gasteiger charge is -2.14. The largest absolute Gasteiger partial charge is 0.465 e. The van der Waals surface area contributed by atoms with E-state index in [1.54, 1.807) is 12.2 Å². The van der Waals surface area contributed by atoms with Gasteiger partial charge in [0, 0.05) is 6.61 Å². The third-order valence-electron chi connectivity index (χ3n) is 1.70. The summed E-state index contributed by atoms with van der Waals surface area (Å²) in [5, 5.41) is 19.5. The van der Waals surface area contributed by atoms with Gasteiger partial charge in [-0.25, -0.2) is 4.79 Å². The predicted octanol–water partition coefficient (Wildman–Crippen LogP) is 1.61. The minimum atomic E-state index is -1.01. The fraction of sp³-hybridized carbons (Fsp3) is 0.700. The van der Waals surface area contributed by atoms with Crippen LogP contribution in [-0.4, -0.2) is 29.0 Å². The van der Waals surface area contributed by atoms with Crippen LogP contribution < -0.4 is 5.32 Å². The highest BCUT2D eigenvalue weighted by molar-refractivity contribution is 5.65. The van der Waals surface area contributed by atoms with Crippen LogP contribution in [0.2, 0.25) is 0 Å². The Bertz CT molecular complexity index is 190. The van der Waals surface area contributed by atoms with E-state index in [9.17, 15) is 4.79 Å². The standard InChI is InChI=1S/C10H19NO3/c1-8(2)7-9(11-10(13)14)5-3-4-6-12/h3,5,8-9,11-12H,4,6-7H2,1-2H3,(H,13,14). The van der Waals surface area contributed by atoms with E-state index in [2.05, 4.69) is 5.32 Å². The van der Waals surface area contributed by atoms with E-state index < -0.39 is 6.09 Å². The summed E-state index contributed by atoms with van der Waals surface area (Å²) < 4.78 is 0. The number of hydrogen-bond acceptors (Lipinski definition) is 2. The van der Waals surface area contributed by atoms with Crippen molar-refractivity contribution in [1.29, 1.82) is 0 Å². The molecule has 82 valence electrons. The summed E-state index contributed by atoms with van der Waals surface area (Å²) in [5.74, 6) is 0.436. The molecule has 0 aromatic carbocycles. The van der Waals surface area contributed by atoms with Crippen LogP contribution in [-0.2, 0) is 0 Å². The molecule has 3 N–H and O–H groups in total. The van der Waals surface area contributed by atoms with Crippen molar-refractivity contribution in [3.8, 4) is 0 Å². The highest BCUT2D eigenvalue weighted by atomic mass is 16.4. The van der Waals surface area contributed by atoms with Crippen molar-refractivity contribution >= 4 is 6.09 Å². The molecule has 0 fully saturated rings. The van der Waals surface area contributed by atoms with Crippen molar-refractivity contribution in [2.75, 3.05) is 6.61 Å². The molecular weight excluding hydrogens is 182 g/mol. The maximum absolute atomic E-state index is 10.4.